The maximum atomic E-state index is 11.6. The molecule has 0 unspecified atom stereocenters. The Hall–Kier alpha value is -1.66. The lowest BCUT2D eigenvalue weighted by Gasteiger charge is -2.06. The number of hydrogen-bond donors (Lipinski definition) is 1. The molecule has 2 rings (SSSR count). The second kappa shape index (κ2) is 5.79. The van der Waals surface area contributed by atoms with E-state index in [9.17, 15) is 4.79 Å². The summed E-state index contributed by atoms with van der Waals surface area (Å²) in [6.07, 6.45) is 0. The molecule has 0 atom stereocenters. The minimum Gasteiger partial charge on any atom is -0.482 e. The van der Waals surface area contributed by atoms with E-state index in [0.717, 1.165) is 11.5 Å². The molecule has 0 aliphatic rings. The van der Waals surface area contributed by atoms with Crippen molar-refractivity contribution >= 4 is 34.2 Å². The van der Waals surface area contributed by atoms with Crippen LogP contribution in [0, 0.1) is 6.92 Å². The van der Waals surface area contributed by atoms with Gasteiger partial charge >= 0.3 is 0 Å². The summed E-state index contributed by atoms with van der Waals surface area (Å²) in [4.78, 5) is 15.6. The summed E-state index contributed by atoms with van der Waals surface area (Å²) < 4.78 is 9.25. The summed E-state index contributed by atoms with van der Waals surface area (Å²) in [5.41, 5.74) is 0. The van der Waals surface area contributed by atoms with Crippen LogP contribution in [-0.2, 0) is 4.79 Å². The first-order valence-corrected chi connectivity index (χ1v) is 6.28. The van der Waals surface area contributed by atoms with Gasteiger partial charge in [-0.05, 0) is 19.1 Å². The SMILES string of the molecule is Cc1nsc(NC(=O)COc2ccccc2Cl)n1. The topological polar surface area (TPSA) is 64.1 Å². The molecule has 94 valence electrons. The van der Waals surface area contributed by atoms with Gasteiger partial charge in [0.15, 0.2) is 6.61 Å². The molecular weight excluding hydrogens is 274 g/mol. The van der Waals surface area contributed by atoms with E-state index >= 15 is 0 Å². The zero-order valence-electron chi connectivity index (χ0n) is 9.51. The molecule has 0 fully saturated rings. The Bertz CT molecular complexity index is 559. The fraction of sp³-hybridized carbons (Fsp3) is 0.182. The van der Waals surface area contributed by atoms with Gasteiger partial charge in [-0.2, -0.15) is 4.37 Å². The molecule has 0 aliphatic heterocycles. The lowest BCUT2D eigenvalue weighted by molar-refractivity contribution is -0.118. The van der Waals surface area contributed by atoms with E-state index in [2.05, 4.69) is 14.7 Å². The zero-order valence-corrected chi connectivity index (χ0v) is 11.1. The number of hydrogen-bond acceptors (Lipinski definition) is 5. The lowest BCUT2D eigenvalue weighted by atomic mass is 10.3. The molecule has 0 radical (unpaired) electrons. The molecule has 2 aromatic rings. The van der Waals surface area contributed by atoms with Gasteiger partial charge in [0.05, 0.1) is 5.02 Å². The minimum absolute atomic E-state index is 0.123. The van der Waals surface area contributed by atoms with E-state index < -0.39 is 0 Å². The number of aryl methyl sites for hydroxylation is 1. The number of carbonyl (C=O) groups is 1. The molecule has 5 nitrogen and oxygen atoms in total. The van der Waals surface area contributed by atoms with Crippen molar-refractivity contribution in [3.8, 4) is 5.75 Å². The van der Waals surface area contributed by atoms with Crippen molar-refractivity contribution in [3.63, 3.8) is 0 Å². The monoisotopic (exact) mass is 283 g/mol. The largest absolute Gasteiger partial charge is 0.482 e. The lowest BCUT2D eigenvalue weighted by Crippen LogP contribution is -2.20. The maximum Gasteiger partial charge on any atom is 0.264 e. The Morgan fingerprint density at radius 3 is 2.94 bits per heavy atom. The zero-order chi connectivity index (χ0) is 13.0. The van der Waals surface area contributed by atoms with Gasteiger partial charge < -0.3 is 4.74 Å². The van der Waals surface area contributed by atoms with E-state index in [1.165, 1.54) is 0 Å². The highest BCUT2D eigenvalue weighted by molar-refractivity contribution is 7.09. The summed E-state index contributed by atoms with van der Waals surface area (Å²) in [5, 5.41) is 3.52. The third kappa shape index (κ3) is 3.41. The highest BCUT2D eigenvalue weighted by atomic mass is 35.5. The van der Waals surface area contributed by atoms with E-state index in [-0.39, 0.29) is 12.5 Å². The first kappa shape index (κ1) is 12.8. The number of nitrogens with one attached hydrogen (secondary N) is 1. The highest BCUT2D eigenvalue weighted by Crippen LogP contribution is 2.22. The second-order valence-electron chi connectivity index (χ2n) is 3.41. The number of benzene rings is 1. The summed E-state index contributed by atoms with van der Waals surface area (Å²) in [6.45, 7) is 1.63. The van der Waals surface area contributed by atoms with Crippen molar-refractivity contribution in [1.82, 2.24) is 9.36 Å². The van der Waals surface area contributed by atoms with Gasteiger partial charge in [-0.25, -0.2) is 4.98 Å². The van der Waals surface area contributed by atoms with Crippen molar-refractivity contribution in [2.75, 3.05) is 11.9 Å². The summed E-state index contributed by atoms with van der Waals surface area (Å²) in [6, 6.07) is 6.97. The Morgan fingerprint density at radius 1 is 1.50 bits per heavy atom. The van der Waals surface area contributed by atoms with Crippen LogP contribution < -0.4 is 10.1 Å². The Labute approximate surface area is 113 Å². The van der Waals surface area contributed by atoms with Crippen molar-refractivity contribution in [1.29, 1.82) is 0 Å². The number of nitrogens with zero attached hydrogens (tertiary/aromatic N) is 2. The van der Waals surface area contributed by atoms with E-state index in [1.807, 2.05) is 0 Å². The number of aromatic nitrogens is 2. The molecule has 0 bridgehead atoms. The number of rotatable bonds is 4. The molecule has 1 N–H and O–H groups in total. The van der Waals surface area contributed by atoms with Crippen LogP contribution in [0.1, 0.15) is 5.82 Å². The van der Waals surface area contributed by atoms with Crippen molar-refractivity contribution in [2.24, 2.45) is 0 Å². The molecule has 7 heteroatoms. The van der Waals surface area contributed by atoms with Gasteiger partial charge in [0.25, 0.3) is 5.91 Å². The third-order valence-corrected chi connectivity index (χ3v) is 3.00. The van der Waals surface area contributed by atoms with E-state index in [4.69, 9.17) is 16.3 Å². The summed E-state index contributed by atoms with van der Waals surface area (Å²) in [5.74, 6) is 0.802. The first-order valence-electron chi connectivity index (χ1n) is 5.12. The van der Waals surface area contributed by atoms with Crippen LogP contribution in [0.4, 0.5) is 5.13 Å². The molecule has 0 saturated heterocycles. The fourth-order valence-electron chi connectivity index (χ4n) is 1.21. The van der Waals surface area contributed by atoms with Gasteiger partial charge in [-0.1, -0.05) is 23.7 Å². The van der Waals surface area contributed by atoms with Crippen LogP contribution in [-0.4, -0.2) is 21.9 Å². The van der Waals surface area contributed by atoms with Gasteiger partial charge in [0.1, 0.15) is 11.6 Å². The van der Waals surface area contributed by atoms with Gasteiger partial charge in [-0.3, -0.25) is 10.1 Å². The first-order chi connectivity index (χ1) is 8.65. The molecule has 18 heavy (non-hydrogen) atoms. The highest BCUT2D eigenvalue weighted by Gasteiger charge is 2.08. The van der Waals surface area contributed by atoms with Crippen LogP contribution in [0.2, 0.25) is 5.02 Å². The number of ether oxygens (including phenoxy) is 1. The number of carbonyl (C=O) groups excluding carboxylic acids is 1. The van der Waals surface area contributed by atoms with Crippen LogP contribution in [0.25, 0.3) is 0 Å². The molecule has 0 spiro atoms. The fourth-order valence-corrected chi connectivity index (χ4v) is 1.99. The van der Waals surface area contributed by atoms with Crippen LogP contribution in [0.3, 0.4) is 0 Å². The van der Waals surface area contributed by atoms with Gasteiger partial charge in [-0.15, -0.1) is 0 Å². The normalized spacial score (nSPS) is 10.1. The van der Waals surface area contributed by atoms with Crippen LogP contribution in [0.15, 0.2) is 24.3 Å². The number of halogens is 1. The number of anilines is 1. The van der Waals surface area contributed by atoms with Crippen LogP contribution >= 0.6 is 23.1 Å². The van der Waals surface area contributed by atoms with Crippen molar-refractivity contribution in [3.05, 3.63) is 35.1 Å². The quantitative estimate of drug-likeness (QED) is 0.936. The molecule has 0 aliphatic carbocycles. The minimum atomic E-state index is -0.300. The Kier molecular flexibility index (Phi) is 4.11. The average Bonchev–Trinajstić information content (AvgIpc) is 2.74. The molecule has 1 amide bonds. The molecular formula is C11H10ClN3O2S. The number of amides is 1. The van der Waals surface area contributed by atoms with Crippen molar-refractivity contribution < 1.29 is 9.53 Å². The van der Waals surface area contributed by atoms with E-state index in [0.29, 0.717) is 21.7 Å². The standard InChI is InChI=1S/C11H10ClN3O2S/c1-7-13-11(18-15-7)14-10(16)6-17-9-5-3-2-4-8(9)12/h2-5H,6H2,1H3,(H,13,14,15,16). The average molecular weight is 284 g/mol. The molecule has 0 saturated carbocycles. The third-order valence-electron chi connectivity index (χ3n) is 1.97. The predicted molar refractivity (Wildman–Crippen MR) is 70.2 cm³/mol. The Balaban J connectivity index is 1.87. The summed E-state index contributed by atoms with van der Waals surface area (Å²) >= 11 is 7.02. The molecule has 1 aromatic carbocycles. The van der Waals surface area contributed by atoms with Crippen LogP contribution in [0.5, 0.6) is 5.75 Å². The van der Waals surface area contributed by atoms with E-state index in [1.54, 1.807) is 31.2 Å². The maximum absolute atomic E-state index is 11.6. The van der Waals surface area contributed by atoms with Gasteiger partial charge in [0.2, 0.25) is 5.13 Å². The molecule has 1 heterocycles. The Morgan fingerprint density at radius 2 is 2.28 bits per heavy atom. The second-order valence-corrected chi connectivity index (χ2v) is 4.57. The van der Waals surface area contributed by atoms with Crippen molar-refractivity contribution in [2.45, 2.75) is 6.92 Å². The summed E-state index contributed by atoms with van der Waals surface area (Å²) in [7, 11) is 0. The predicted octanol–water partition coefficient (Wildman–Crippen LogP) is 2.52. The molecule has 1 aromatic heterocycles. The number of para-hydroxylation sites is 1. The van der Waals surface area contributed by atoms with Gasteiger partial charge in [0, 0.05) is 11.5 Å². The smallest absolute Gasteiger partial charge is 0.264 e.